The van der Waals surface area contributed by atoms with Crippen molar-refractivity contribution in [1.82, 2.24) is 4.90 Å². The van der Waals surface area contributed by atoms with Crippen LogP contribution in [0.15, 0.2) is 18.2 Å². The van der Waals surface area contributed by atoms with Crippen LogP contribution in [0.25, 0.3) is 0 Å². The number of hydrogen-bond acceptors (Lipinski definition) is 3. The van der Waals surface area contributed by atoms with Crippen molar-refractivity contribution in [2.75, 3.05) is 26.7 Å². The summed E-state index contributed by atoms with van der Waals surface area (Å²) in [6.45, 7) is 8.93. The highest BCUT2D eigenvalue weighted by molar-refractivity contribution is 5.38. The van der Waals surface area contributed by atoms with Crippen molar-refractivity contribution in [3.8, 4) is 5.75 Å². The predicted octanol–water partition coefficient (Wildman–Crippen LogP) is 2.77. The lowest BCUT2D eigenvalue weighted by Gasteiger charge is -2.24. The number of rotatable bonds is 7. The minimum atomic E-state index is -0.494. The fraction of sp³-hybridized carbons (Fsp3) is 0.600. The summed E-state index contributed by atoms with van der Waals surface area (Å²) in [6.07, 6.45) is 0.609. The molecule has 0 saturated carbocycles. The molecule has 0 bridgehead atoms. The van der Waals surface area contributed by atoms with Crippen molar-refractivity contribution < 1.29 is 9.84 Å². The number of hydrogen-bond donors (Lipinski definition) is 1. The lowest BCUT2D eigenvalue weighted by Crippen LogP contribution is -2.29. The van der Waals surface area contributed by atoms with Gasteiger partial charge in [0.2, 0.25) is 0 Å². The summed E-state index contributed by atoms with van der Waals surface area (Å²) < 4.78 is 5.32. The summed E-state index contributed by atoms with van der Waals surface area (Å²) in [5.74, 6) is 0.764. The smallest absolute Gasteiger partial charge is 0.124 e. The molecule has 102 valence electrons. The zero-order valence-electron chi connectivity index (χ0n) is 11.9. The van der Waals surface area contributed by atoms with Gasteiger partial charge >= 0.3 is 0 Å². The average molecular weight is 251 g/mol. The molecule has 1 aromatic rings. The Morgan fingerprint density at radius 3 is 2.61 bits per heavy atom. The first kappa shape index (κ1) is 15.0. The third-order valence-corrected chi connectivity index (χ3v) is 3.16. The van der Waals surface area contributed by atoms with Gasteiger partial charge in [0.15, 0.2) is 0 Å². The van der Waals surface area contributed by atoms with Crippen LogP contribution in [-0.4, -0.2) is 36.8 Å². The van der Waals surface area contributed by atoms with Gasteiger partial charge in [-0.1, -0.05) is 25.5 Å². The van der Waals surface area contributed by atoms with Crippen LogP contribution < -0.4 is 4.74 Å². The van der Waals surface area contributed by atoms with Crippen molar-refractivity contribution in [2.45, 2.75) is 33.3 Å². The molecule has 0 aliphatic heterocycles. The van der Waals surface area contributed by atoms with E-state index in [9.17, 15) is 5.11 Å². The van der Waals surface area contributed by atoms with Crippen molar-refractivity contribution in [3.63, 3.8) is 0 Å². The van der Waals surface area contributed by atoms with Gasteiger partial charge in [0.05, 0.1) is 13.2 Å². The standard InChI is InChI=1S/C15H25NO2/c1-5-9-16(6-2)11-14(17)13-10-12(3)7-8-15(13)18-4/h7-8,10,14,17H,5-6,9,11H2,1-4H3. The summed E-state index contributed by atoms with van der Waals surface area (Å²) in [4.78, 5) is 2.26. The van der Waals surface area contributed by atoms with Crippen molar-refractivity contribution in [1.29, 1.82) is 0 Å². The number of aryl methyl sites for hydroxylation is 1. The molecular weight excluding hydrogens is 226 g/mol. The zero-order chi connectivity index (χ0) is 13.5. The first-order valence-corrected chi connectivity index (χ1v) is 6.67. The molecule has 0 saturated heterocycles. The molecule has 1 aromatic carbocycles. The SMILES string of the molecule is CCCN(CC)CC(O)c1cc(C)ccc1OC. The molecule has 0 heterocycles. The second-order valence-electron chi connectivity index (χ2n) is 4.65. The van der Waals surface area contributed by atoms with Gasteiger partial charge in [-0.25, -0.2) is 0 Å². The average Bonchev–Trinajstić information content (AvgIpc) is 2.38. The van der Waals surface area contributed by atoms with E-state index in [1.165, 1.54) is 0 Å². The molecule has 0 amide bonds. The van der Waals surface area contributed by atoms with E-state index in [2.05, 4.69) is 18.7 Å². The maximum absolute atomic E-state index is 10.4. The fourth-order valence-corrected chi connectivity index (χ4v) is 2.15. The van der Waals surface area contributed by atoms with Gasteiger partial charge in [0.1, 0.15) is 5.75 Å². The number of likely N-dealkylation sites (N-methyl/N-ethyl adjacent to an activating group) is 1. The summed E-state index contributed by atoms with van der Waals surface area (Å²) in [5.41, 5.74) is 2.02. The van der Waals surface area contributed by atoms with E-state index in [1.54, 1.807) is 7.11 Å². The Kier molecular flexibility index (Phi) is 6.16. The van der Waals surface area contributed by atoms with Crippen LogP contribution in [0, 0.1) is 6.92 Å². The van der Waals surface area contributed by atoms with Gasteiger partial charge in [-0.15, -0.1) is 0 Å². The highest BCUT2D eigenvalue weighted by atomic mass is 16.5. The molecule has 0 fully saturated rings. The Morgan fingerprint density at radius 2 is 2.06 bits per heavy atom. The summed E-state index contributed by atoms with van der Waals surface area (Å²) in [7, 11) is 1.64. The normalized spacial score (nSPS) is 12.8. The number of methoxy groups -OCH3 is 1. The van der Waals surface area contributed by atoms with Gasteiger partial charge in [0.25, 0.3) is 0 Å². The lowest BCUT2D eigenvalue weighted by atomic mass is 10.0. The molecule has 1 unspecified atom stereocenters. The second-order valence-corrected chi connectivity index (χ2v) is 4.65. The molecule has 18 heavy (non-hydrogen) atoms. The van der Waals surface area contributed by atoms with E-state index in [4.69, 9.17) is 4.74 Å². The van der Waals surface area contributed by atoms with Gasteiger partial charge in [-0.2, -0.15) is 0 Å². The molecule has 0 spiro atoms. The van der Waals surface area contributed by atoms with Crippen LogP contribution in [0.3, 0.4) is 0 Å². The highest BCUT2D eigenvalue weighted by Gasteiger charge is 2.16. The van der Waals surface area contributed by atoms with E-state index in [-0.39, 0.29) is 0 Å². The molecule has 1 atom stereocenters. The van der Waals surface area contributed by atoms with E-state index < -0.39 is 6.10 Å². The zero-order valence-corrected chi connectivity index (χ0v) is 11.9. The Morgan fingerprint density at radius 1 is 1.33 bits per heavy atom. The molecular formula is C15H25NO2. The van der Waals surface area contributed by atoms with Gasteiger partial charge < -0.3 is 14.7 Å². The largest absolute Gasteiger partial charge is 0.496 e. The van der Waals surface area contributed by atoms with E-state index >= 15 is 0 Å². The fourth-order valence-electron chi connectivity index (χ4n) is 2.15. The number of aliphatic hydroxyl groups excluding tert-OH is 1. The van der Waals surface area contributed by atoms with Crippen LogP contribution in [0.4, 0.5) is 0 Å². The van der Waals surface area contributed by atoms with Gasteiger partial charge in [-0.3, -0.25) is 0 Å². The first-order valence-electron chi connectivity index (χ1n) is 6.67. The van der Waals surface area contributed by atoms with Crippen molar-refractivity contribution >= 4 is 0 Å². The molecule has 3 nitrogen and oxygen atoms in total. The molecule has 3 heteroatoms. The predicted molar refractivity (Wildman–Crippen MR) is 75.1 cm³/mol. The molecule has 1 N–H and O–H groups in total. The van der Waals surface area contributed by atoms with Crippen LogP contribution in [0.2, 0.25) is 0 Å². The van der Waals surface area contributed by atoms with Gasteiger partial charge in [0, 0.05) is 12.1 Å². The minimum Gasteiger partial charge on any atom is -0.496 e. The van der Waals surface area contributed by atoms with Crippen molar-refractivity contribution in [3.05, 3.63) is 29.3 Å². The summed E-state index contributed by atoms with van der Waals surface area (Å²) in [5, 5.41) is 10.4. The maximum atomic E-state index is 10.4. The van der Waals surface area contributed by atoms with E-state index in [0.29, 0.717) is 6.54 Å². The number of nitrogens with zero attached hydrogens (tertiary/aromatic N) is 1. The number of aliphatic hydroxyl groups is 1. The molecule has 0 aromatic heterocycles. The monoisotopic (exact) mass is 251 g/mol. The topological polar surface area (TPSA) is 32.7 Å². The Bertz CT molecular complexity index is 366. The summed E-state index contributed by atoms with van der Waals surface area (Å²) in [6, 6.07) is 5.92. The maximum Gasteiger partial charge on any atom is 0.124 e. The Labute approximate surface area is 110 Å². The highest BCUT2D eigenvalue weighted by Crippen LogP contribution is 2.26. The van der Waals surface area contributed by atoms with Crippen LogP contribution in [-0.2, 0) is 0 Å². The van der Waals surface area contributed by atoms with E-state index in [1.807, 2.05) is 25.1 Å². The van der Waals surface area contributed by atoms with Crippen LogP contribution in [0.5, 0.6) is 5.75 Å². The van der Waals surface area contributed by atoms with Crippen molar-refractivity contribution in [2.24, 2.45) is 0 Å². The number of benzene rings is 1. The Hall–Kier alpha value is -1.06. The third kappa shape index (κ3) is 4.00. The number of ether oxygens (including phenoxy) is 1. The quantitative estimate of drug-likeness (QED) is 0.809. The molecule has 1 rings (SSSR count). The minimum absolute atomic E-state index is 0.494. The first-order chi connectivity index (χ1) is 8.62. The molecule has 0 aliphatic carbocycles. The van der Waals surface area contributed by atoms with Crippen LogP contribution in [0.1, 0.15) is 37.5 Å². The third-order valence-electron chi connectivity index (χ3n) is 3.16. The molecule has 0 aliphatic rings. The van der Waals surface area contributed by atoms with Crippen LogP contribution >= 0.6 is 0 Å². The van der Waals surface area contributed by atoms with E-state index in [0.717, 1.165) is 36.4 Å². The molecule has 0 radical (unpaired) electrons. The van der Waals surface area contributed by atoms with Gasteiger partial charge in [-0.05, 0) is 38.6 Å². The summed E-state index contributed by atoms with van der Waals surface area (Å²) >= 11 is 0. The second kappa shape index (κ2) is 7.39. The lowest BCUT2D eigenvalue weighted by molar-refractivity contribution is 0.113. The Balaban J connectivity index is 2.81.